The summed E-state index contributed by atoms with van der Waals surface area (Å²) in [5.41, 5.74) is 5.06. The van der Waals surface area contributed by atoms with Crippen LogP contribution in [0, 0.1) is 10.1 Å². The van der Waals surface area contributed by atoms with Gasteiger partial charge in [-0.25, -0.2) is 4.98 Å². The van der Waals surface area contributed by atoms with Crippen molar-refractivity contribution in [3.63, 3.8) is 0 Å². The molecule has 2 aromatic rings. The molecule has 1 heterocycles. The number of pyridine rings is 1. The lowest BCUT2D eigenvalue weighted by molar-refractivity contribution is -0.386. The van der Waals surface area contributed by atoms with Gasteiger partial charge in [-0.05, 0) is 24.3 Å². The van der Waals surface area contributed by atoms with Crippen LogP contribution in [0.2, 0.25) is 5.02 Å². The zero-order valence-electron chi connectivity index (χ0n) is 10.4. The van der Waals surface area contributed by atoms with Crippen LogP contribution in [-0.2, 0) is 0 Å². The van der Waals surface area contributed by atoms with Crippen molar-refractivity contribution < 1.29 is 14.9 Å². The van der Waals surface area contributed by atoms with Gasteiger partial charge in [-0.3, -0.25) is 10.1 Å². The minimum Gasteiger partial charge on any atom is -0.434 e. The lowest BCUT2D eigenvalue weighted by Crippen LogP contribution is -2.14. The quantitative estimate of drug-likeness (QED) is 0.294. The van der Waals surface area contributed by atoms with Crippen LogP contribution < -0.4 is 10.5 Å². The monoisotopic (exact) mass is 308 g/mol. The number of nitro groups is 1. The van der Waals surface area contributed by atoms with Crippen LogP contribution in [0.1, 0.15) is 5.56 Å². The van der Waals surface area contributed by atoms with Crippen molar-refractivity contribution in [2.24, 2.45) is 10.9 Å². The minimum atomic E-state index is -0.674. The number of hydrogen-bond donors (Lipinski definition) is 2. The standard InChI is InChI=1S/C12H9ClN4O4/c13-8-1-3-9(4-2-8)21-12-10(17(19)20)5-7(6-15-12)11(14)16-18/h1-6,18H,(H2,14,16). The van der Waals surface area contributed by atoms with Crippen molar-refractivity contribution in [1.82, 2.24) is 4.98 Å². The first-order valence-electron chi connectivity index (χ1n) is 5.57. The van der Waals surface area contributed by atoms with E-state index in [0.29, 0.717) is 10.8 Å². The number of rotatable bonds is 4. The van der Waals surface area contributed by atoms with Gasteiger partial charge in [0, 0.05) is 22.8 Å². The van der Waals surface area contributed by atoms with Crippen LogP contribution in [0.25, 0.3) is 0 Å². The summed E-state index contributed by atoms with van der Waals surface area (Å²) in [5.74, 6) is -0.160. The molecular formula is C12H9ClN4O4. The second-order valence-electron chi connectivity index (χ2n) is 3.85. The number of halogens is 1. The first kappa shape index (κ1) is 14.5. The topological polar surface area (TPSA) is 124 Å². The number of ether oxygens (including phenoxy) is 1. The molecule has 0 bridgehead atoms. The summed E-state index contributed by atoms with van der Waals surface area (Å²) in [5, 5.41) is 22.9. The van der Waals surface area contributed by atoms with E-state index >= 15 is 0 Å². The Labute approximate surface area is 123 Å². The van der Waals surface area contributed by atoms with Crippen molar-refractivity contribution in [2.75, 3.05) is 0 Å². The van der Waals surface area contributed by atoms with Gasteiger partial charge in [0.1, 0.15) is 5.75 Å². The van der Waals surface area contributed by atoms with Crippen molar-refractivity contribution >= 4 is 23.1 Å². The number of nitrogens with zero attached hydrogens (tertiary/aromatic N) is 3. The molecule has 8 nitrogen and oxygen atoms in total. The van der Waals surface area contributed by atoms with E-state index in [2.05, 4.69) is 10.1 Å². The SMILES string of the molecule is N/C(=N/O)c1cnc(Oc2ccc(Cl)cc2)c([N+](=O)[O-])c1. The Hall–Kier alpha value is -2.87. The second kappa shape index (κ2) is 6.06. The third kappa shape index (κ3) is 3.37. The highest BCUT2D eigenvalue weighted by atomic mass is 35.5. The molecule has 9 heteroatoms. The molecule has 0 radical (unpaired) electrons. The smallest absolute Gasteiger partial charge is 0.332 e. The van der Waals surface area contributed by atoms with Crippen molar-refractivity contribution in [2.45, 2.75) is 0 Å². The molecule has 0 aliphatic heterocycles. The molecule has 1 aromatic heterocycles. The van der Waals surface area contributed by atoms with Crippen molar-refractivity contribution in [3.05, 3.63) is 57.2 Å². The van der Waals surface area contributed by atoms with E-state index in [9.17, 15) is 10.1 Å². The summed E-state index contributed by atoms with van der Waals surface area (Å²) in [6.45, 7) is 0. The van der Waals surface area contributed by atoms with Crippen molar-refractivity contribution in [3.8, 4) is 11.6 Å². The Balaban J connectivity index is 2.39. The van der Waals surface area contributed by atoms with Gasteiger partial charge in [-0.2, -0.15) is 0 Å². The summed E-state index contributed by atoms with van der Waals surface area (Å²) >= 11 is 5.74. The van der Waals surface area contributed by atoms with Crippen LogP contribution >= 0.6 is 11.6 Å². The maximum absolute atomic E-state index is 11.1. The number of aromatic nitrogens is 1. The Morgan fingerprint density at radius 1 is 1.43 bits per heavy atom. The molecule has 0 saturated carbocycles. The van der Waals surface area contributed by atoms with E-state index in [1.807, 2.05) is 0 Å². The maximum Gasteiger partial charge on any atom is 0.332 e. The lowest BCUT2D eigenvalue weighted by atomic mass is 10.2. The normalized spacial score (nSPS) is 11.2. The van der Waals surface area contributed by atoms with Gasteiger partial charge in [0.2, 0.25) is 0 Å². The van der Waals surface area contributed by atoms with E-state index in [0.717, 1.165) is 6.07 Å². The molecule has 2 rings (SSSR count). The maximum atomic E-state index is 11.1. The third-order valence-corrected chi connectivity index (χ3v) is 2.71. The molecule has 0 amide bonds. The van der Waals surface area contributed by atoms with Gasteiger partial charge >= 0.3 is 5.69 Å². The molecule has 0 saturated heterocycles. The Bertz CT molecular complexity index is 703. The largest absolute Gasteiger partial charge is 0.434 e. The molecule has 108 valence electrons. The molecule has 0 atom stereocenters. The van der Waals surface area contributed by atoms with Crippen LogP contribution in [0.4, 0.5) is 5.69 Å². The van der Waals surface area contributed by atoms with Crippen LogP contribution in [-0.4, -0.2) is 21.0 Å². The minimum absolute atomic E-state index is 0.104. The molecule has 0 spiro atoms. The molecular weight excluding hydrogens is 300 g/mol. The highest BCUT2D eigenvalue weighted by Gasteiger charge is 2.20. The average molecular weight is 309 g/mol. The fourth-order valence-corrected chi connectivity index (χ4v) is 1.59. The molecule has 0 aliphatic carbocycles. The Morgan fingerprint density at radius 2 is 2.10 bits per heavy atom. The zero-order chi connectivity index (χ0) is 15.4. The summed E-state index contributed by atoms with van der Waals surface area (Å²) < 4.78 is 5.34. The molecule has 1 aromatic carbocycles. The fraction of sp³-hybridized carbons (Fsp3) is 0. The average Bonchev–Trinajstić information content (AvgIpc) is 2.49. The number of benzene rings is 1. The zero-order valence-corrected chi connectivity index (χ0v) is 11.2. The predicted octanol–water partition coefficient (Wildman–Crippen LogP) is 2.53. The van der Waals surface area contributed by atoms with E-state index in [4.69, 9.17) is 27.3 Å². The van der Waals surface area contributed by atoms with Crippen molar-refractivity contribution in [1.29, 1.82) is 0 Å². The number of nitrogens with two attached hydrogens (primary N) is 1. The summed E-state index contributed by atoms with van der Waals surface area (Å²) in [6, 6.07) is 7.35. The van der Waals surface area contributed by atoms with Crippen LogP contribution in [0.15, 0.2) is 41.7 Å². The van der Waals surface area contributed by atoms with E-state index < -0.39 is 10.6 Å². The molecule has 0 unspecified atom stereocenters. The third-order valence-electron chi connectivity index (χ3n) is 2.46. The van der Waals surface area contributed by atoms with Gasteiger partial charge in [0.15, 0.2) is 5.84 Å². The molecule has 3 N–H and O–H groups in total. The van der Waals surface area contributed by atoms with Gasteiger partial charge in [-0.1, -0.05) is 16.8 Å². The van der Waals surface area contributed by atoms with Gasteiger partial charge in [0.25, 0.3) is 5.88 Å². The van der Waals surface area contributed by atoms with Crippen LogP contribution in [0.5, 0.6) is 11.6 Å². The molecule has 0 fully saturated rings. The number of oxime groups is 1. The highest BCUT2D eigenvalue weighted by molar-refractivity contribution is 6.30. The van der Waals surface area contributed by atoms with E-state index in [-0.39, 0.29) is 17.3 Å². The highest BCUT2D eigenvalue weighted by Crippen LogP contribution is 2.30. The lowest BCUT2D eigenvalue weighted by Gasteiger charge is -2.06. The summed E-state index contributed by atoms with van der Waals surface area (Å²) in [6.07, 6.45) is 1.20. The Kier molecular flexibility index (Phi) is 4.19. The first-order chi connectivity index (χ1) is 10.0. The van der Waals surface area contributed by atoms with E-state index in [1.54, 1.807) is 24.3 Å². The molecule has 21 heavy (non-hydrogen) atoms. The van der Waals surface area contributed by atoms with Gasteiger partial charge < -0.3 is 15.7 Å². The number of hydrogen-bond acceptors (Lipinski definition) is 6. The summed E-state index contributed by atoms with van der Waals surface area (Å²) in [4.78, 5) is 14.2. The molecule has 0 aliphatic rings. The Morgan fingerprint density at radius 3 is 2.67 bits per heavy atom. The summed E-state index contributed by atoms with van der Waals surface area (Å²) in [7, 11) is 0. The van der Waals surface area contributed by atoms with E-state index in [1.165, 1.54) is 6.20 Å². The van der Waals surface area contributed by atoms with Gasteiger partial charge in [0.05, 0.1) is 4.92 Å². The predicted molar refractivity (Wildman–Crippen MR) is 74.9 cm³/mol. The fourth-order valence-electron chi connectivity index (χ4n) is 1.46. The second-order valence-corrected chi connectivity index (χ2v) is 4.28. The first-order valence-corrected chi connectivity index (χ1v) is 5.95. The number of amidine groups is 1. The van der Waals surface area contributed by atoms with Gasteiger partial charge in [-0.15, -0.1) is 0 Å². The van der Waals surface area contributed by atoms with Crippen LogP contribution in [0.3, 0.4) is 0 Å².